The van der Waals surface area contributed by atoms with E-state index < -0.39 is 9.84 Å². The number of halogens is 1. The number of sulfone groups is 1. The van der Waals surface area contributed by atoms with Gasteiger partial charge in [0.2, 0.25) is 0 Å². The van der Waals surface area contributed by atoms with Crippen molar-refractivity contribution in [2.45, 2.75) is 26.2 Å². The minimum absolute atomic E-state index is 0.0178. The number of aryl methyl sites for hydroxylation is 1. The van der Waals surface area contributed by atoms with E-state index in [0.717, 1.165) is 5.56 Å². The van der Waals surface area contributed by atoms with Crippen LogP contribution in [0.5, 0.6) is 0 Å². The van der Waals surface area contributed by atoms with Crippen LogP contribution in [0.2, 0.25) is 0 Å². The molecule has 1 saturated heterocycles. The molecule has 1 atom stereocenters. The molecule has 1 aliphatic rings. The summed E-state index contributed by atoms with van der Waals surface area (Å²) in [7, 11) is -2.94. The van der Waals surface area contributed by atoms with E-state index in [1.54, 1.807) is 6.07 Å². The minimum Gasteiger partial charge on any atom is -0.299 e. The first-order valence-corrected chi connectivity index (χ1v) is 8.15. The summed E-state index contributed by atoms with van der Waals surface area (Å²) in [6, 6.07) is 4.39. The highest BCUT2D eigenvalue weighted by atomic mass is 32.2. The van der Waals surface area contributed by atoms with Gasteiger partial charge in [-0.05, 0) is 42.5 Å². The maximum Gasteiger partial charge on any atom is 0.150 e. The molecular weight excluding hydrogens is 267 g/mol. The molecule has 0 N–H and O–H groups in total. The van der Waals surface area contributed by atoms with Gasteiger partial charge >= 0.3 is 0 Å². The van der Waals surface area contributed by atoms with Crippen molar-refractivity contribution in [3.63, 3.8) is 0 Å². The Hall–Kier alpha value is -1.23. The van der Waals surface area contributed by atoms with E-state index in [9.17, 15) is 17.6 Å². The molecule has 1 aliphatic heterocycles. The summed E-state index contributed by atoms with van der Waals surface area (Å²) in [5.74, 6) is -0.135. The summed E-state index contributed by atoms with van der Waals surface area (Å²) in [5, 5.41) is 0. The first-order valence-electron chi connectivity index (χ1n) is 6.33. The number of carbonyl (C=O) groups is 1. The zero-order chi connectivity index (χ0) is 14.0. The van der Waals surface area contributed by atoms with Gasteiger partial charge in [-0.15, -0.1) is 0 Å². The molecule has 104 valence electrons. The van der Waals surface area contributed by atoms with Crippen LogP contribution >= 0.6 is 0 Å². The Labute approximate surface area is 112 Å². The van der Waals surface area contributed by atoms with E-state index in [1.807, 2.05) is 6.92 Å². The Bertz CT molecular complexity index is 593. The third kappa shape index (κ3) is 3.86. The molecule has 0 bridgehead atoms. The Balaban J connectivity index is 1.97. The van der Waals surface area contributed by atoms with E-state index in [1.165, 1.54) is 12.1 Å². The summed E-state index contributed by atoms with van der Waals surface area (Å²) in [5.41, 5.74) is 1.57. The average Bonchev–Trinajstić information content (AvgIpc) is 2.63. The summed E-state index contributed by atoms with van der Waals surface area (Å²) < 4.78 is 35.8. The topological polar surface area (TPSA) is 51.2 Å². The fraction of sp³-hybridized carbons (Fsp3) is 0.500. The maximum atomic E-state index is 13.1. The quantitative estimate of drug-likeness (QED) is 0.850. The normalized spacial score (nSPS) is 21.5. The molecule has 0 spiro atoms. The SMILES string of the molecule is Cc1ccc(F)cc1CC(=O)CC1CCS(=O)(=O)C1. The number of Topliss-reactive ketones (excluding diaryl/α,β-unsaturated/α-hetero) is 1. The predicted octanol–water partition coefficient (Wildman–Crippen LogP) is 2.07. The largest absolute Gasteiger partial charge is 0.299 e. The lowest BCUT2D eigenvalue weighted by atomic mass is 9.96. The number of ketones is 1. The second-order valence-corrected chi connectivity index (χ2v) is 7.49. The molecule has 3 nitrogen and oxygen atoms in total. The van der Waals surface area contributed by atoms with Gasteiger partial charge in [0.1, 0.15) is 11.6 Å². The Morgan fingerprint density at radius 3 is 2.79 bits per heavy atom. The van der Waals surface area contributed by atoms with Crippen LogP contribution in [0.1, 0.15) is 24.0 Å². The minimum atomic E-state index is -2.94. The van der Waals surface area contributed by atoms with Gasteiger partial charge in [-0.1, -0.05) is 6.07 Å². The average molecular weight is 284 g/mol. The first kappa shape index (κ1) is 14.2. The fourth-order valence-corrected chi connectivity index (χ4v) is 4.33. The number of benzene rings is 1. The van der Waals surface area contributed by atoms with Crippen molar-refractivity contribution in [3.05, 3.63) is 35.1 Å². The van der Waals surface area contributed by atoms with Crippen molar-refractivity contribution in [2.24, 2.45) is 5.92 Å². The zero-order valence-corrected chi connectivity index (χ0v) is 11.7. The fourth-order valence-electron chi connectivity index (χ4n) is 2.47. The molecule has 0 radical (unpaired) electrons. The molecule has 0 amide bonds. The Morgan fingerprint density at radius 1 is 1.42 bits per heavy atom. The lowest BCUT2D eigenvalue weighted by Gasteiger charge is -2.08. The molecule has 1 heterocycles. The molecule has 0 aliphatic carbocycles. The van der Waals surface area contributed by atoms with E-state index in [4.69, 9.17) is 0 Å². The van der Waals surface area contributed by atoms with E-state index in [2.05, 4.69) is 0 Å². The highest BCUT2D eigenvalue weighted by Crippen LogP contribution is 2.23. The van der Waals surface area contributed by atoms with Crippen molar-refractivity contribution < 1.29 is 17.6 Å². The second-order valence-electron chi connectivity index (χ2n) is 5.26. The van der Waals surface area contributed by atoms with Crippen LogP contribution in [-0.2, 0) is 21.1 Å². The van der Waals surface area contributed by atoms with Gasteiger partial charge in [0.05, 0.1) is 11.5 Å². The highest BCUT2D eigenvalue weighted by Gasteiger charge is 2.29. The number of rotatable bonds is 4. The summed E-state index contributed by atoms with van der Waals surface area (Å²) in [4.78, 5) is 11.9. The van der Waals surface area contributed by atoms with Crippen molar-refractivity contribution >= 4 is 15.6 Å². The van der Waals surface area contributed by atoms with Crippen molar-refractivity contribution in [3.8, 4) is 0 Å². The number of carbonyl (C=O) groups excluding carboxylic acids is 1. The van der Waals surface area contributed by atoms with Gasteiger partial charge < -0.3 is 0 Å². The number of hydrogen-bond donors (Lipinski definition) is 0. The third-order valence-corrected chi connectivity index (χ3v) is 5.38. The Morgan fingerprint density at radius 2 is 2.16 bits per heavy atom. The van der Waals surface area contributed by atoms with E-state index in [0.29, 0.717) is 12.0 Å². The lowest BCUT2D eigenvalue weighted by molar-refractivity contribution is -0.119. The van der Waals surface area contributed by atoms with Gasteiger partial charge in [0.25, 0.3) is 0 Å². The smallest absolute Gasteiger partial charge is 0.150 e. The molecule has 0 saturated carbocycles. The van der Waals surface area contributed by atoms with Crippen LogP contribution in [0.15, 0.2) is 18.2 Å². The molecule has 19 heavy (non-hydrogen) atoms. The molecule has 0 aromatic heterocycles. The van der Waals surface area contributed by atoms with Gasteiger partial charge in [-0.3, -0.25) is 4.79 Å². The summed E-state index contributed by atoms with van der Waals surface area (Å²) >= 11 is 0. The molecule has 2 rings (SSSR count). The summed E-state index contributed by atoms with van der Waals surface area (Å²) in [6.07, 6.45) is 1.02. The molecule has 1 fully saturated rings. The van der Waals surface area contributed by atoms with Gasteiger partial charge in [0, 0.05) is 12.8 Å². The second kappa shape index (κ2) is 5.41. The van der Waals surface area contributed by atoms with Crippen LogP contribution in [0.3, 0.4) is 0 Å². The maximum absolute atomic E-state index is 13.1. The molecular formula is C14H17FO3S. The first-order chi connectivity index (χ1) is 8.85. The highest BCUT2D eigenvalue weighted by molar-refractivity contribution is 7.91. The molecule has 1 aromatic carbocycles. The summed E-state index contributed by atoms with van der Waals surface area (Å²) in [6.45, 7) is 1.84. The van der Waals surface area contributed by atoms with Crippen molar-refractivity contribution in [1.29, 1.82) is 0 Å². The van der Waals surface area contributed by atoms with Crippen LogP contribution in [0, 0.1) is 18.7 Å². The van der Waals surface area contributed by atoms with E-state index >= 15 is 0 Å². The van der Waals surface area contributed by atoms with Crippen LogP contribution < -0.4 is 0 Å². The standard InChI is InChI=1S/C14H17FO3S/c1-10-2-3-13(15)7-12(10)8-14(16)6-11-4-5-19(17,18)9-11/h2-3,7,11H,4-6,8-9H2,1H3. The molecule has 5 heteroatoms. The van der Waals surface area contributed by atoms with Gasteiger partial charge in [-0.2, -0.15) is 0 Å². The van der Waals surface area contributed by atoms with E-state index in [-0.39, 0.29) is 41.9 Å². The van der Waals surface area contributed by atoms with Gasteiger partial charge in [0.15, 0.2) is 9.84 Å². The Kier molecular flexibility index (Phi) is 4.04. The zero-order valence-electron chi connectivity index (χ0n) is 10.9. The molecule has 1 aromatic rings. The van der Waals surface area contributed by atoms with Crippen LogP contribution in [-0.4, -0.2) is 25.7 Å². The van der Waals surface area contributed by atoms with Crippen LogP contribution in [0.25, 0.3) is 0 Å². The van der Waals surface area contributed by atoms with Crippen molar-refractivity contribution in [2.75, 3.05) is 11.5 Å². The van der Waals surface area contributed by atoms with Crippen molar-refractivity contribution in [1.82, 2.24) is 0 Å². The number of hydrogen-bond acceptors (Lipinski definition) is 3. The van der Waals surface area contributed by atoms with Crippen LogP contribution in [0.4, 0.5) is 4.39 Å². The van der Waals surface area contributed by atoms with Gasteiger partial charge in [-0.25, -0.2) is 12.8 Å². The lowest BCUT2D eigenvalue weighted by Crippen LogP contribution is -2.13. The molecule has 1 unspecified atom stereocenters. The predicted molar refractivity (Wildman–Crippen MR) is 71.2 cm³/mol. The monoisotopic (exact) mass is 284 g/mol. The third-order valence-electron chi connectivity index (χ3n) is 3.54.